The number of likely N-dealkylation sites (tertiary alicyclic amines) is 1. The van der Waals surface area contributed by atoms with Gasteiger partial charge in [0.15, 0.2) is 11.9 Å². The molecule has 2 aliphatic rings. The van der Waals surface area contributed by atoms with Gasteiger partial charge in [-0.2, -0.15) is 12.6 Å². The van der Waals surface area contributed by atoms with Crippen LogP contribution in [0.3, 0.4) is 0 Å². The van der Waals surface area contributed by atoms with Crippen LogP contribution in [0.5, 0.6) is 0 Å². The molecule has 1 saturated heterocycles. The van der Waals surface area contributed by atoms with Crippen molar-refractivity contribution in [2.45, 2.75) is 137 Å². The molecule has 0 bridgehead atoms. The van der Waals surface area contributed by atoms with E-state index in [1.54, 1.807) is 24.3 Å². The minimum Gasteiger partial charge on any atom is -0.481 e. The molecule has 1 aliphatic heterocycles. The van der Waals surface area contributed by atoms with Crippen LogP contribution in [0.4, 0.5) is 4.79 Å². The number of carboxylic acids is 1. The van der Waals surface area contributed by atoms with E-state index in [1.165, 1.54) is 19.1 Å². The van der Waals surface area contributed by atoms with Gasteiger partial charge in [-0.05, 0) is 98.1 Å². The van der Waals surface area contributed by atoms with Gasteiger partial charge in [0.05, 0.1) is 19.6 Å². The summed E-state index contributed by atoms with van der Waals surface area (Å²) >= 11 is 4.17. The summed E-state index contributed by atoms with van der Waals surface area (Å²) in [4.78, 5) is 194. The number of aromatic amines is 1. The van der Waals surface area contributed by atoms with Crippen molar-refractivity contribution in [1.82, 2.24) is 79.0 Å². The largest absolute Gasteiger partial charge is 0.481 e. The molecule has 0 radical (unpaired) electrons. The Kier molecular flexibility index (Phi) is 33.1. The van der Waals surface area contributed by atoms with Crippen LogP contribution in [-0.4, -0.2) is 227 Å². The number of ether oxygens (including phenoxy) is 1. The molecule has 10 atom stereocenters. The van der Waals surface area contributed by atoms with E-state index < -0.39 is 181 Å². The number of primary amides is 1. The standard InChI is InChI=1S/C70H94N20O17S/c1-4-15-46(82-56(93)33-79-70(106)107-35-44-42-20-9-7-18-40(42)41-19-8-10-21-43(41)44)61(99)89-53(36-108)65(103)88-52(34-91)64(102)87-51(31-57(94)95)67(105)90-28-14-25-54(90)66(104)85-49(24-13-27-77-69(74)75)62(100)83-47(16-5-2)60(98)80-37(3)58(96)86-50(30-39-29-38-17-6-11-22-45(38)81-39)63(101)84-48(23-12-26-76-68(72)73)59(97)78-32-55(71)92/h4-11,17-22,29,37,44,46-54,81,91,108H,1-2,12-16,23-28,30-36H2,3H3,(H2,71,92)(H,78,97)(H,79,106)(H,80,98)(H,82,93)(H,83,100)(H,84,101)(H,85,104)(H,86,96)(H,87,102)(H,88,103)(H,89,99)(H,94,95)(H4,72,73,76)(H4,74,75,77)/t37-,46-,47-,48-,49-,50-,51-,52-,53-,54?/m0/s1. The number of alkyl carbamates (subject to hydrolysis) is 1. The number of nitrogens with one attached hydrogen (secondary N) is 16. The molecule has 1 unspecified atom stereocenters. The van der Waals surface area contributed by atoms with Crippen LogP contribution >= 0.6 is 12.6 Å². The molecule has 37 nitrogen and oxygen atoms in total. The first-order chi connectivity index (χ1) is 51.5. The SMILES string of the molecule is C=CC[C@H](NC(=O)CNC(=O)OCC1c2ccccc2-c2ccccc21)C(=O)N[C@@H](CS)C(=O)N[C@@H](CO)C(=O)N[C@@H](CC(=O)O)C(=O)N1CCCC1C(=O)N[C@@H](CCCNC(=N)N)C(=O)N[C@@H](CC=C)C(=O)N[C@@H](C)C(=O)N[C@@H](Cc1cc2ccccc2[nH]1)C(=O)N[C@@H](CCCNC(=N)N)C(=O)NCC(N)=O. The Morgan fingerprint density at radius 3 is 1.70 bits per heavy atom. The zero-order valence-corrected chi connectivity index (χ0v) is 60.2. The number of carbonyl (C=O) groups is 14. The average Bonchev–Trinajstić information content (AvgIpc) is 1.62. The Labute approximate surface area is 626 Å². The maximum atomic E-state index is 14.4. The topological polar surface area (TPSA) is 590 Å². The van der Waals surface area contributed by atoms with Gasteiger partial charge < -0.3 is 111 Å². The number of amides is 13. The van der Waals surface area contributed by atoms with Gasteiger partial charge in [0.25, 0.3) is 0 Å². The lowest BCUT2D eigenvalue weighted by atomic mass is 9.98. The summed E-state index contributed by atoms with van der Waals surface area (Å²) in [6, 6.07) is 8.97. The Morgan fingerprint density at radius 1 is 0.611 bits per heavy atom. The van der Waals surface area contributed by atoms with Gasteiger partial charge in [0, 0.05) is 48.9 Å². The summed E-state index contributed by atoms with van der Waals surface area (Å²) in [5.41, 5.74) is 21.3. The van der Waals surface area contributed by atoms with Crippen molar-refractivity contribution in [3.8, 4) is 11.1 Å². The van der Waals surface area contributed by atoms with E-state index in [2.05, 4.69) is 99.9 Å². The van der Waals surface area contributed by atoms with E-state index in [0.717, 1.165) is 32.5 Å². The molecular weight excluding hydrogens is 1420 g/mol. The van der Waals surface area contributed by atoms with E-state index in [1.807, 2.05) is 54.6 Å². The summed E-state index contributed by atoms with van der Waals surface area (Å²) in [6.45, 7) is 6.18. The van der Waals surface area contributed by atoms with Crippen LogP contribution in [0.15, 0.2) is 104 Å². The average molecular weight is 1520 g/mol. The van der Waals surface area contributed by atoms with Crippen molar-refractivity contribution in [3.63, 3.8) is 0 Å². The fourth-order valence-corrected chi connectivity index (χ4v) is 12.2. The number of carboxylic acid groups (broad SMARTS) is 1. The quantitative estimate of drug-likeness (QED) is 0.00667. The molecule has 6 rings (SSSR count). The number of aliphatic carboxylic acids is 1. The second-order valence-electron chi connectivity index (χ2n) is 25.4. The van der Waals surface area contributed by atoms with Crippen molar-refractivity contribution in [2.24, 2.45) is 17.2 Å². The second kappa shape index (κ2) is 42.2. The number of nitrogens with zero attached hydrogens (tertiary/aromatic N) is 1. The van der Waals surface area contributed by atoms with Crippen LogP contribution in [0.1, 0.15) is 87.4 Å². The van der Waals surface area contributed by atoms with E-state index in [0.29, 0.717) is 11.2 Å². The summed E-state index contributed by atoms with van der Waals surface area (Å²) < 4.78 is 5.49. The molecular formula is C70H94N20O17S. The Morgan fingerprint density at radius 2 is 1.12 bits per heavy atom. The Hall–Kier alpha value is -12.1. The number of benzene rings is 3. The van der Waals surface area contributed by atoms with E-state index >= 15 is 0 Å². The third-order valence-electron chi connectivity index (χ3n) is 17.4. The highest BCUT2D eigenvalue weighted by atomic mass is 32.1. The molecule has 0 saturated carbocycles. The van der Waals surface area contributed by atoms with Crippen LogP contribution in [-0.2, 0) is 73.5 Å². The Balaban J connectivity index is 1.07. The maximum Gasteiger partial charge on any atom is 0.407 e. The molecule has 1 aromatic heterocycles. The van der Waals surface area contributed by atoms with Gasteiger partial charge in [-0.3, -0.25) is 73.1 Å². The summed E-state index contributed by atoms with van der Waals surface area (Å²) in [5, 5.41) is 68.2. The van der Waals surface area contributed by atoms with Crippen LogP contribution in [0.2, 0.25) is 0 Å². The molecule has 108 heavy (non-hydrogen) atoms. The lowest BCUT2D eigenvalue weighted by molar-refractivity contribution is -0.146. The third-order valence-corrected chi connectivity index (χ3v) is 17.7. The number of hydrogen-bond donors (Lipinski definition) is 22. The van der Waals surface area contributed by atoms with E-state index in [-0.39, 0.29) is 95.9 Å². The van der Waals surface area contributed by atoms with Gasteiger partial charge in [0.1, 0.15) is 73.6 Å². The molecule has 1 fully saturated rings. The minimum atomic E-state index is -1.95. The molecule has 24 N–H and O–H groups in total. The lowest BCUT2D eigenvalue weighted by Crippen LogP contribution is -2.61. The number of fused-ring (bicyclic) bond motifs is 4. The first-order valence-corrected chi connectivity index (χ1v) is 35.2. The number of thiol groups is 1. The summed E-state index contributed by atoms with van der Waals surface area (Å²) in [7, 11) is 0. The predicted molar refractivity (Wildman–Crippen MR) is 396 cm³/mol. The first kappa shape index (κ1) is 84.8. The fourth-order valence-electron chi connectivity index (χ4n) is 12.0. The van der Waals surface area contributed by atoms with Gasteiger partial charge >= 0.3 is 12.1 Å². The van der Waals surface area contributed by atoms with Crippen LogP contribution in [0.25, 0.3) is 22.0 Å². The minimum absolute atomic E-state index is 0.00746. The highest BCUT2D eigenvalue weighted by Gasteiger charge is 2.42. The number of guanidine groups is 2. The van der Waals surface area contributed by atoms with Crippen molar-refractivity contribution in [3.05, 3.63) is 121 Å². The van der Waals surface area contributed by atoms with Gasteiger partial charge in [-0.25, -0.2) is 4.79 Å². The highest BCUT2D eigenvalue weighted by Crippen LogP contribution is 2.44. The molecule has 0 spiro atoms. The van der Waals surface area contributed by atoms with Crippen molar-refractivity contribution >= 4 is 118 Å². The molecule has 3 aromatic carbocycles. The first-order valence-electron chi connectivity index (χ1n) is 34.6. The number of carbonyl (C=O) groups excluding carboxylic acids is 13. The number of nitrogens with two attached hydrogens (primary N) is 3. The van der Waals surface area contributed by atoms with Crippen LogP contribution < -0.4 is 86.3 Å². The normalized spacial score (nSPS) is 15.2. The molecule has 13 amide bonds. The number of H-pyrrole nitrogens is 1. The van der Waals surface area contributed by atoms with Gasteiger partial charge in [-0.15, -0.1) is 13.2 Å². The zero-order valence-electron chi connectivity index (χ0n) is 59.3. The number of aliphatic hydroxyl groups excluding tert-OH is 1. The molecule has 582 valence electrons. The van der Waals surface area contributed by atoms with Crippen LogP contribution in [0, 0.1) is 10.8 Å². The monoisotopic (exact) mass is 1520 g/mol. The van der Waals surface area contributed by atoms with Crippen molar-refractivity contribution in [1.29, 1.82) is 10.8 Å². The van der Waals surface area contributed by atoms with Crippen molar-refractivity contribution in [2.75, 3.05) is 51.7 Å². The smallest absolute Gasteiger partial charge is 0.407 e. The lowest BCUT2D eigenvalue weighted by Gasteiger charge is -2.30. The number of rotatable bonds is 43. The second-order valence-corrected chi connectivity index (χ2v) is 25.8. The number of para-hydroxylation sites is 1. The molecule has 1 aliphatic carbocycles. The number of hydrogen-bond acceptors (Lipinski definition) is 19. The number of aliphatic hydroxyl groups is 1. The Bertz CT molecular complexity index is 3910. The summed E-state index contributed by atoms with van der Waals surface area (Å²) in [5.74, 6) is -14.5. The van der Waals surface area contributed by atoms with Crippen molar-refractivity contribution < 1.29 is 82.1 Å². The zero-order chi connectivity index (χ0) is 79.1. The predicted octanol–water partition coefficient (Wildman–Crippen LogP) is -3.70. The highest BCUT2D eigenvalue weighted by molar-refractivity contribution is 7.80. The van der Waals surface area contributed by atoms with E-state index in [9.17, 15) is 77.3 Å². The number of aromatic nitrogens is 1. The van der Waals surface area contributed by atoms with Gasteiger partial charge in [-0.1, -0.05) is 78.9 Å². The maximum absolute atomic E-state index is 14.4. The summed E-state index contributed by atoms with van der Waals surface area (Å²) in [6.07, 6.45) is 0.111. The molecule has 4 aromatic rings. The van der Waals surface area contributed by atoms with E-state index in [4.69, 9.17) is 32.8 Å². The third kappa shape index (κ3) is 25.6. The molecule has 2 heterocycles. The fraction of sp³-hybridized carbons (Fsp3) is 0.429. The molecule has 38 heteroatoms. The van der Waals surface area contributed by atoms with Gasteiger partial charge in [0.2, 0.25) is 70.9 Å².